The van der Waals surface area contributed by atoms with Crippen molar-refractivity contribution < 1.29 is 209 Å². The van der Waals surface area contributed by atoms with E-state index in [1.54, 1.807) is 0 Å². The van der Waals surface area contributed by atoms with Crippen LogP contribution in [0.25, 0.3) is 0 Å². The lowest BCUT2D eigenvalue weighted by Gasteiger charge is -2.18. The minimum Gasteiger partial charge on any atom is -0.562 e. The van der Waals surface area contributed by atoms with Gasteiger partial charge in [-0.05, 0) is 305 Å². The predicted molar refractivity (Wildman–Crippen MR) is 578 cm³/mol. The lowest BCUT2D eigenvalue weighted by molar-refractivity contribution is -0.597. The zero-order valence-electron chi connectivity index (χ0n) is 93.8. The molecule has 0 saturated carbocycles. The van der Waals surface area contributed by atoms with E-state index in [1.807, 2.05) is 0 Å². The highest BCUT2D eigenvalue weighted by Gasteiger charge is 2.29. The van der Waals surface area contributed by atoms with Gasteiger partial charge in [-0.2, -0.15) is 0 Å². The van der Waals surface area contributed by atoms with Crippen LogP contribution in [0.1, 0.15) is 316 Å². The molecule has 12 nitrogen and oxygen atoms in total. The van der Waals surface area contributed by atoms with E-state index in [9.17, 15) is 25.2 Å². The fourth-order valence-electron chi connectivity index (χ4n) is 12.9. The molecular weight excluding hydrogens is 2690 g/mol. The minimum atomic E-state index is -3.62. The first-order valence-electron chi connectivity index (χ1n) is 48.3. The molecule has 6 atom stereocenters. The average molecular weight is 2850 g/mol. The number of benzene rings is 12. The fraction of sp³-hybridized carbons (Fsp3) is 0.400. The van der Waals surface area contributed by atoms with Crippen LogP contribution in [0.2, 0.25) is 0 Å². The first kappa shape index (κ1) is 143. The van der Waals surface area contributed by atoms with Crippen molar-refractivity contribution in [2.45, 2.75) is 314 Å². The van der Waals surface area contributed by atoms with E-state index in [-0.39, 0.29) is 192 Å². The molecule has 0 fully saturated rings. The quantitative estimate of drug-likeness (QED) is 0.0630. The van der Waals surface area contributed by atoms with E-state index in [0.29, 0.717) is 0 Å². The Kier molecular flexibility index (Phi) is 63.0. The molecule has 0 aliphatic carbocycles. The maximum Gasteiger partial charge on any atom is 0.540 e. The molecular formula is C120H156F6I6O12P6+6. The number of rotatable bonds is 12. The summed E-state index contributed by atoms with van der Waals surface area (Å²) in [7, 11) is -21.7. The molecule has 0 saturated heterocycles. The predicted octanol–water partition coefficient (Wildman–Crippen LogP) is 14.3. The van der Waals surface area contributed by atoms with Gasteiger partial charge in [0.2, 0.25) is 0 Å². The zero-order valence-corrected chi connectivity index (χ0v) is 112. The molecule has 12 aromatic rings. The summed E-state index contributed by atoms with van der Waals surface area (Å²) in [5, 5.41) is 0. The van der Waals surface area contributed by atoms with Crippen molar-refractivity contribution in [2.75, 3.05) is 0 Å². The summed E-state index contributed by atoms with van der Waals surface area (Å²) >= 11 is -0.422. The SMILES string of the molecule is CC(C)(C)c1ccc([I+]c2ccc(C(C)(C)C)cc2)cc1.CC(C)(C)c1ccc([I+]c2ccc(C(C)(C)C)cc2)cc1.CC(C)(C)c1ccc([I+]c2ccc(C(C)(C)C)cc2)cc1.CC(C)(C)c1ccc([I+]c2ccc(C(C)(C)C)cc2)cc1.CC(C)(C)c1ccc([I+]c2ccc(C(C)(C)C)cc2)cc1.CC(C)(C)c1ccc([I+]c2ccc(C(C)(C)C)cc2)cc1.O=[P+]([O-])F.O=[P+]([O-])F.O=[P+]([O-])F.O=[P+]([O-])F.O=[P+]([O-])F.O=[P+]([O-])F. The Morgan fingerprint density at radius 3 is 0.200 bits per heavy atom. The van der Waals surface area contributed by atoms with Crippen LogP contribution in [0.3, 0.4) is 0 Å². The van der Waals surface area contributed by atoms with Crippen LogP contribution < -0.4 is 157 Å². The highest BCUT2D eigenvalue weighted by Crippen LogP contribution is 2.31. The Morgan fingerprint density at radius 2 is 0.167 bits per heavy atom. The van der Waals surface area contributed by atoms with Crippen LogP contribution in [-0.4, -0.2) is 0 Å². The Balaban J connectivity index is 0.000000860. The van der Waals surface area contributed by atoms with Crippen molar-refractivity contribution in [3.63, 3.8) is 0 Å². The molecule has 0 N–H and O–H groups in total. The zero-order chi connectivity index (χ0) is 116. The van der Waals surface area contributed by atoms with Crippen LogP contribution in [0.15, 0.2) is 291 Å². The summed E-state index contributed by atoms with van der Waals surface area (Å²) < 4.78 is 128. The van der Waals surface area contributed by atoms with Gasteiger partial charge in [0, 0.05) is 0 Å². The van der Waals surface area contributed by atoms with Gasteiger partial charge in [-0.3, -0.25) is 0 Å². The van der Waals surface area contributed by atoms with Gasteiger partial charge in [0.05, 0.1) is 25.2 Å². The van der Waals surface area contributed by atoms with Gasteiger partial charge in [-0.1, -0.05) is 395 Å². The highest BCUT2D eigenvalue weighted by atomic mass is 127. The van der Waals surface area contributed by atoms with Crippen molar-refractivity contribution in [3.05, 3.63) is 401 Å². The third-order valence-corrected chi connectivity index (χ3v) is 37.9. The van der Waals surface area contributed by atoms with Crippen molar-refractivity contribution in [2.24, 2.45) is 0 Å². The number of hydrogen-bond acceptors (Lipinski definition) is 12. The summed E-state index contributed by atoms with van der Waals surface area (Å²) in [4.78, 5) is 50.2. The number of halogens is 12. The van der Waals surface area contributed by atoms with Crippen LogP contribution in [0.5, 0.6) is 0 Å². The Morgan fingerprint density at radius 1 is 0.127 bits per heavy atom. The van der Waals surface area contributed by atoms with Gasteiger partial charge in [-0.25, -0.2) is 0 Å². The highest BCUT2D eigenvalue weighted by molar-refractivity contribution is 7.30. The second kappa shape index (κ2) is 66.1. The summed E-state index contributed by atoms with van der Waals surface area (Å²) in [6.07, 6.45) is 0. The third kappa shape index (κ3) is 64.7. The molecule has 0 heterocycles. The standard InChI is InChI=1S/6C20H26I.6FO2P/c6*1-19(2,3)15-7-11-17(12-8-15)21-18-13-9-16(10-14-18)20(4,5)6;6*1-4(2)3/h6*7-14H,1-6H3;;;;;;/q6*+1;;;;;;. The van der Waals surface area contributed by atoms with Gasteiger partial charge in [0.25, 0.3) is 0 Å². The normalized spacial score (nSPS) is 12.2. The average Bonchev–Trinajstić information content (AvgIpc) is 0.844. The molecule has 150 heavy (non-hydrogen) atoms. The smallest absolute Gasteiger partial charge is 0.540 e. The monoisotopic (exact) mass is 2850 g/mol. The third-order valence-electron chi connectivity index (χ3n) is 21.8. The molecule has 30 heteroatoms. The van der Waals surface area contributed by atoms with E-state index in [2.05, 4.69) is 540 Å². The molecule has 0 aromatic heterocycles. The molecule has 12 rings (SSSR count). The second-order valence-corrected chi connectivity index (χ2v) is 67.7. The Bertz CT molecular complexity index is 4710. The summed E-state index contributed by atoms with van der Waals surface area (Å²) in [5.74, 6) is 0. The fourth-order valence-corrected chi connectivity index (χ4v) is 25.9. The largest absolute Gasteiger partial charge is 0.562 e. The van der Waals surface area contributed by atoms with Crippen molar-refractivity contribution >= 4 is 50.0 Å². The minimum absolute atomic E-state index is 0.0703. The molecule has 0 spiro atoms. The van der Waals surface area contributed by atoms with Gasteiger partial charge >= 0.3 is 177 Å². The summed E-state index contributed by atoms with van der Waals surface area (Å²) in [6.45, 7) is 81.6. The van der Waals surface area contributed by atoms with E-state index < -0.39 is 50.0 Å². The number of hydrogen-bond donors (Lipinski definition) is 0. The molecule has 0 aliphatic rings. The second-order valence-electron chi connectivity index (χ2n) is 46.9. The Hall–Kier alpha value is -5.04. The van der Waals surface area contributed by atoms with Gasteiger partial charge in [0.1, 0.15) is 0 Å². The van der Waals surface area contributed by atoms with E-state index in [1.165, 1.54) is 110 Å². The van der Waals surface area contributed by atoms with Crippen molar-refractivity contribution in [1.29, 1.82) is 0 Å². The Labute approximate surface area is 963 Å². The maximum absolute atomic E-state index is 9.95. The first-order chi connectivity index (χ1) is 68.4. The van der Waals surface area contributed by atoms with Gasteiger partial charge < -0.3 is 29.4 Å². The van der Waals surface area contributed by atoms with Crippen LogP contribution in [0, 0.1) is 42.8 Å². The molecule has 816 valence electrons. The lowest BCUT2D eigenvalue weighted by atomic mass is 9.87. The van der Waals surface area contributed by atoms with Gasteiger partial charge in [0.15, 0.2) is 42.8 Å². The topological polar surface area (TPSA) is 241 Å². The van der Waals surface area contributed by atoms with Crippen molar-refractivity contribution in [3.8, 4) is 0 Å². The lowest BCUT2D eigenvalue weighted by Crippen LogP contribution is -3.61. The molecule has 0 bridgehead atoms. The van der Waals surface area contributed by atoms with Gasteiger partial charge in [-0.15, -0.1) is 0 Å². The summed E-state index contributed by atoms with van der Waals surface area (Å²) in [5.41, 5.74) is 19.9. The molecule has 12 aromatic carbocycles. The summed E-state index contributed by atoms with van der Waals surface area (Å²) in [6, 6.07) is 110. The van der Waals surface area contributed by atoms with E-state index in [0.717, 1.165) is 0 Å². The molecule has 0 radical (unpaired) electrons. The molecule has 0 aliphatic heterocycles. The van der Waals surface area contributed by atoms with E-state index in [4.69, 9.17) is 56.8 Å². The maximum atomic E-state index is 9.95. The molecule has 0 amide bonds. The van der Waals surface area contributed by atoms with Crippen LogP contribution in [0.4, 0.5) is 25.2 Å². The first-order valence-corrected chi connectivity index (χ1v) is 67.7. The molecule has 6 unspecified atom stereocenters. The van der Waals surface area contributed by atoms with Crippen molar-refractivity contribution in [1.82, 2.24) is 0 Å². The van der Waals surface area contributed by atoms with E-state index >= 15 is 0 Å². The van der Waals surface area contributed by atoms with Crippen LogP contribution >= 0.6 is 50.0 Å². The van der Waals surface area contributed by atoms with Crippen LogP contribution in [-0.2, 0) is 92.4 Å².